The van der Waals surface area contributed by atoms with Crippen molar-refractivity contribution in [1.29, 1.82) is 0 Å². The summed E-state index contributed by atoms with van der Waals surface area (Å²) >= 11 is 6.09. The van der Waals surface area contributed by atoms with Gasteiger partial charge in [-0.25, -0.2) is 4.98 Å². The third-order valence-corrected chi connectivity index (χ3v) is 2.63. The molecule has 0 fully saturated rings. The van der Waals surface area contributed by atoms with E-state index >= 15 is 0 Å². The van der Waals surface area contributed by atoms with Gasteiger partial charge in [0.2, 0.25) is 0 Å². The third kappa shape index (κ3) is 2.29. The largest absolute Gasteiger partial charge is 0.236 e. The molecule has 80 valence electrons. The molecular formula is C13H16ClN. The molecule has 1 nitrogen and oxygen atoms in total. The van der Waals surface area contributed by atoms with Crippen molar-refractivity contribution in [2.75, 3.05) is 0 Å². The Labute approximate surface area is 96.1 Å². The zero-order valence-corrected chi connectivity index (χ0v) is 9.05. The molecule has 0 aliphatic carbocycles. The first-order valence-electron chi connectivity index (χ1n) is 4.73. The number of benzene rings is 1. The standard InChI is InChI=1S/C12H12ClN.CH4/c1-8(2)10-7-9-5-3-4-6-11(9)14-12(10)13;/h3-8H,1-2H3;1H4. The molecule has 2 aromatic rings. The van der Waals surface area contributed by atoms with E-state index in [0.29, 0.717) is 11.1 Å². The van der Waals surface area contributed by atoms with Crippen molar-refractivity contribution in [1.82, 2.24) is 4.98 Å². The molecule has 2 rings (SSSR count). The average molecular weight is 222 g/mol. The molecule has 2 heteroatoms. The highest BCUT2D eigenvalue weighted by atomic mass is 35.5. The molecule has 15 heavy (non-hydrogen) atoms. The summed E-state index contributed by atoms with van der Waals surface area (Å²) < 4.78 is 0. The smallest absolute Gasteiger partial charge is 0.133 e. The topological polar surface area (TPSA) is 12.9 Å². The number of pyridine rings is 1. The van der Waals surface area contributed by atoms with Gasteiger partial charge >= 0.3 is 0 Å². The van der Waals surface area contributed by atoms with Crippen LogP contribution in [-0.4, -0.2) is 4.98 Å². The second-order valence-electron chi connectivity index (χ2n) is 3.72. The van der Waals surface area contributed by atoms with Gasteiger partial charge in [0.25, 0.3) is 0 Å². The minimum absolute atomic E-state index is 0. The van der Waals surface area contributed by atoms with Crippen LogP contribution >= 0.6 is 11.6 Å². The first kappa shape index (κ1) is 12.0. The minimum atomic E-state index is 0. The first-order chi connectivity index (χ1) is 6.68. The van der Waals surface area contributed by atoms with Crippen molar-refractivity contribution < 1.29 is 0 Å². The molecule has 0 radical (unpaired) electrons. The lowest BCUT2D eigenvalue weighted by Crippen LogP contribution is -1.92. The van der Waals surface area contributed by atoms with E-state index in [0.717, 1.165) is 16.5 Å². The summed E-state index contributed by atoms with van der Waals surface area (Å²) in [6.07, 6.45) is 0. The quantitative estimate of drug-likeness (QED) is 0.639. The summed E-state index contributed by atoms with van der Waals surface area (Å²) in [4.78, 5) is 4.36. The number of aromatic nitrogens is 1. The number of hydrogen-bond donors (Lipinski definition) is 0. The monoisotopic (exact) mass is 221 g/mol. The van der Waals surface area contributed by atoms with Crippen LogP contribution in [0.1, 0.15) is 32.8 Å². The maximum Gasteiger partial charge on any atom is 0.133 e. The Morgan fingerprint density at radius 1 is 1.20 bits per heavy atom. The van der Waals surface area contributed by atoms with Gasteiger partial charge < -0.3 is 0 Å². The van der Waals surface area contributed by atoms with Gasteiger partial charge in [-0.2, -0.15) is 0 Å². The summed E-state index contributed by atoms with van der Waals surface area (Å²) in [5, 5.41) is 1.78. The molecule has 0 unspecified atom stereocenters. The van der Waals surface area contributed by atoms with Gasteiger partial charge in [0.05, 0.1) is 5.52 Å². The number of nitrogens with zero attached hydrogens (tertiary/aromatic N) is 1. The van der Waals surface area contributed by atoms with Crippen LogP contribution in [0.3, 0.4) is 0 Å². The van der Waals surface area contributed by atoms with Gasteiger partial charge in [-0.3, -0.25) is 0 Å². The van der Waals surface area contributed by atoms with Crippen LogP contribution in [-0.2, 0) is 0 Å². The molecule has 0 saturated heterocycles. The van der Waals surface area contributed by atoms with E-state index in [1.165, 1.54) is 0 Å². The van der Waals surface area contributed by atoms with Crippen LogP contribution in [0, 0.1) is 0 Å². The lowest BCUT2D eigenvalue weighted by Gasteiger charge is -2.08. The van der Waals surface area contributed by atoms with Crippen LogP contribution in [0.5, 0.6) is 0 Å². The Morgan fingerprint density at radius 2 is 1.87 bits per heavy atom. The Kier molecular flexibility index (Phi) is 3.70. The summed E-state index contributed by atoms with van der Waals surface area (Å²) in [6.45, 7) is 4.25. The highest BCUT2D eigenvalue weighted by molar-refractivity contribution is 6.30. The highest BCUT2D eigenvalue weighted by Crippen LogP contribution is 2.26. The zero-order chi connectivity index (χ0) is 10.1. The van der Waals surface area contributed by atoms with E-state index in [4.69, 9.17) is 11.6 Å². The maximum atomic E-state index is 6.09. The van der Waals surface area contributed by atoms with Gasteiger partial charge in [-0.1, -0.05) is 51.1 Å². The van der Waals surface area contributed by atoms with Gasteiger partial charge in [0.15, 0.2) is 0 Å². The Balaban J connectivity index is 0.00000112. The van der Waals surface area contributed by atoms with Gasteiger partial charge in [0, 0.05) is 5.39 Å². The molecule has 1 heterocycles. The van der Waals surface area contributed by atoms with Crippen molar-refractivity contribution in [3.63, 3.8) is 0 Å². The van der Waals surface area contributed by atoms with Crippen molar-refractivity contribution in [3.05, 3.63) is 41.0 Å². The molecule has 0 spiro atoms. The lowest BCUT2D eigenvalue weighted by molar-refractivity contribution is 0.862. The molecule has 0 aliphatic heterocycles. The Bertz CT molecular complexity index is 463. The van der Waals surface area contributed by atoms with Gasteiger partial charge in [-0.05, 0) is 23.6 Å². The fourth-order valence-corrected chi connectivity index (χ4v) is 1.88. The summed E-state index contributed by atoms with van der Waals surface area (Å²) in [7, 11) is 0. The molecule has 0 bridgehead atoms. The van der Waals surface area contributed by atoms with Crippen LogP contribution < -0.4 is 0 Å². The van der Waals surface area contributed by atoms with Gasteiger partial charge in [0.1, 0.15) is 5.15 Å². The van der Waals surface area contributed by atoms with Crippen LogP contribution in [0.4, 0.5) is 0 Å². The first-order valence-corrected chi connectivity index (χ1v) is 5.11. The van der Waals surface area contributed by atoms with E-state index in [1.807, 2.05) is 18.2 Å². The summed E-state index contributed by atoms with van der Waals surface area (Å²) in [6, 6.07) is 10.1. The Morgan fingerprint density at radius 3 is 2.53 bits per heavy atom. The predicted octanol–water partition coefficient (Wildman–Crippen LogP) is 4.65. The predicted molar refractivity (Wildman–Crippen MR) is 67.6 cm³/mol. The van der Waals surface area contributed by atoms with Crippen molar-refractivity contribution >= 4 is 22.5 Å². The van der Waals surface area contributed by atoms with Crippen molar-refractivity contribution in [3.8, 4) is 0 Å². The van der Waals surface area contributed by atoms with Crippen LogP contribution in [0.2, 0.25) is 5.15 Å². The summed E-state index contributed by atoms with van der Waals surface area (Å²) in [5.74, 6) is 0.416. The molecule has 0 aliphatic rings. The van der Waals surface area contributed by atoms with Crippen LogP contribution in [0.25, 0.3) is 10.9 Å². The van der Waals surface area contributed by atoms with E-state index in [2.05, 4.69) is 31.0 Å². The minimum Gasteiger partial charge on any atom is -0.236 e. The molecular weight excluding hydrogens is 206 g/mol. The molecule has 0 saturated carbocycles. The molecule has 0 amide bonds. The van der Waals surface area contributed by atoms with E-state index in [-0.39, 0.29) is 7.43 Å². The molecule has 0 N–H and O–H groups in total. The third-order valence-electron chi connectivity index (χ3n) is 2.33. The molecule has 1 aromatic carbocycles. The lowest BCUT2D eigenvalue weighted by atomic mass is 10.0. The summed E-state index contributed by atoms with van der Waals surface area (Å²) in [5.41, 5.74) is 2.08. The molecule has 1 aromatic heterocycles. The number of halogens is 1. The molecule has 0 atom stereocenters. The van der Waals surface area contributed by atoms with E-state index in [9.17, 15) is 0 Å². The number of para-hydroxylation sites is 1. The second-order valence-corrected chi connectivity index (χ2v) is 4.07. The average Bonchev–Trinajstić information content (AvgIpc) is 2.16. The van der Waals surface area contributed by atoms with E-state index < -0.39 is 0 Å². The van der Waals surface area contributed by atoms with E-state index in [1.54, 1.807) is 0 Å². The number of fused-ring (bicyclic) bond motifs is 1. The van der Waals surface area contributed by atoms with Crippen LogP contribution in [0.15, 0.2) is 30.3 Å². The number of rotatable bonds is 1. The van der Waals surface area contributed by atoms with Crippen molar-refractivity contribution in [2.45, 2.75) is 27.2 Å². The second kappa shape index (κ2) is 4.63. The number of hydrogen-bond acceptors (Lipinski definition) is 1. The normalized spacial score (nSPS) is 10.4. The van der Waals surface area contributed by atoms with Gasteiger partial charge in [-0.15, -0.1) is 0 Å². The maximum absolute atomic E-state index is 6.09. The Hall–Kier alpha value is -1.08. The van der Waals surface area contributed by atoms with Crippen molar-refractivity contribution in [2.24, 2.45) is 0 Å². The fraction of sp³-hybridized carbons (Fsp3) is 0.308. The fourth-order valence-electron chi connectivity index (χ4n) is 1.51. The highest BCUT2D eigenvalue weighted by Gasteiger charge is 2.07. The SMILES string of the molecule is C.CC(C)c1cc2ccccc2nc1Cl. The zero-order valence-electron chi connectivity index (χ0n) is 8.29.